The van der Waals surface area contributed by atoms with Crippen LogP contribution in [0.15, 0.2) is 36.4 Å². The van der Waals surface area contributed by atoms with Crippen LogP contribution in [0.25, 0.3) is 0 Å². The number of aryl methyl sites for hydroxylation is 2. The lowest BCUT2D eigenvalue weighted by molar-refractivity contribution is -0.384. The molecule has 0 amide bonds. The van der Waals surface area contributed by atoms with Crippen molar-refractivity contribution >= 4 is 17.1 Å². The zero-order chi connectivity index (χ0) is 17.7. The van der Waals surface area contributed by atoms with E-state index >= 15 is 0 Å². The fourth-order valence-corrected chi connectivity index (χ4v) is 2.87. The van der Waals surface area contributed by atoms with E-state index in [1.165, 1.54) is 11.1 Å². The Morgan fingerprint density at radius 3 is 2.38 bits per heavy atom. The molecule has 24 heavy (non-hydrogen) atoms. The van der Waals surface area contributed by atoms with Crippen LogP contribution in [-0.4, -0.2) is 18.0 Å². The number of anilines is 2. The summed E-state index contributed by atoms with van der Waals surface area (Å²) in [6, 6.07) is 11.7. The molecule has 128 valence electrons. The van der Waals surface area contributed by atoms with Gasteiger partial charge in [0.25, 0.3) is 5.69 Å². The smallest absolute Gasteiger partial charge is 0.292 e. The lowest BCUT2D eigenvalue weighted by atomic mass is 10.1. The first-order valence-corrected chi connectivity index (χ1v) is 8.29. The molecule has 5 heteroatoms. The van der Waals surface area contributed by atoms with Gasteiger partial charge in [0.15, 0.2) is 0 Å². The molecular weight excluding hydrogens is 302 g/mol. The van der Waals surface area contributed by atoms with Crippen molar-refractivity contribution in [3.63, 3.8) is 0 Å². The van der Waals surface area contributed by atoms with Crippen molar-refractivity contribution in [2.45, 2.75) is 34.2 Å². The fourth-order valence-electron chi connectivity index (χ4n) is 2.87. The average molecular weight is 327 g/mol. The molecule has 2 aromatic rings. The summed E-state index contributed by atoms with van der Waals surface area (Å²) in [6.07, 6.45) is 0. The van der Waals surface area contributed by atoms with Gasteiger partial charge in [-0.3, -0.25) is 10.1 Å². The molecule has 0 saturated carbocycles. The first-order valence-electron chi connectivity index (χ1n) is 8.29. The number of nitro benzene ring substituents is 1. The first-order chi connectivity index (χ1) is 11.5. The van der Waals surface area contributed by atoms with Crippen molar-refractivity contribution in [1.82, 2.24) is 0 Å². The monoisotopic (exact) mass is 327 g/mol. The summed E-state index contributed by atoms with van der Waals surface area (Å²) < 4.78 is 0. The zero-order valence-electron chi connectivity index (χ0n) is 14.8. The summed E-state index contributed by atoms with van der Waals surface area (Å²) in [6.45, 7) is 10.2. The van der Waals surface area contributed by atoms with E-state index in [0.29, 0.717) is 12.2 Å². The Morgan fingerprint density at radius 2 is 1.79 bits per heavy atom. The fraction of sp³-hybridized carbons (Fsp3) is 0.368. The molecule has 0 spiro atoms. The van der Waals surface area contributed by atoms with Gasteiger partial charge in [0.05, 0.1) is 4.92 Å². The van der Waals surface area contributed by atoms with E-state index in [1.807, 2.05) is 36.9 Å². The number of nitro groups is 1. The molecule has 1 N–H and O–H groups in total. The molecule has 0 bridgehead atoms. The Labute approximate surface area is 143 Å². The van der Waals surface area contributed by atoms with Gasteiger partial charge in [-0.25, -0.2) is 0 Å². The number of nitrogens with one attached hydrogen (secondary N) is 1. The number of benzene rings is 2. The minimum Gasteiger partial charge on any atom is -0.381 e. The summed E-state index contributed by atoms with van der Waals surface area (Å²) in [7, 11) is 0. The molecule has 5 nitrogen and oxygen atoms in total. The first kappa shape index (κ1) is 17.8. The van der Waals surface area contributed by atoms with Crippen molar-refractivity contribution in [1.29, 1.82) is 0 Å². The number of rotatable bonds is 7. The minimum atomic E-state index is -0.297. The van der Waals surface area contributed by atoms with Gasteiger partial charge < -0.3 is 10.2 Å². The molecule has 0 unspecified atom stereocenters. The van der Waals surface area contributed by atoms with Crippen LogP contribution in [0, 0.1) is 24.0 Å². The standard InChI is InChI=1S/C19H25N3O2/c1-5-21(6-2)18-10-8-16(12-19(18)22(23)24)13-20-17-9-7-14(3)11-15(17)4/h7-12,20H,5-6,13H2,1-4H3. The van der Waals surface area contributed by atoms with Gasteiger partial charge in [-0.1, -0.05) is 23.8 Å². The highest BCUT2D eigenvalue weighted by atomic mass is 16.6. The molecule has 0 saturated heterocycles. The van der Waals surface area contributed by atoms with E-state index < -0.39 is 0 Å². The molecule has 0 atom stereocenters. The largest absolute Gasteiger partial charge is 0.381 e. The highest BCUT2D eigenvalue weighted by molar-refractivity contribution is 5.64. The number of hydrogen-bond acceptors (Lipinski definition) is 4. The predicted octanol–water partition coefficient (Wildman–Crippen LogP) is 4.67. The van der Waals surface area contributed by atoms with Crippen molar-refractivity contribution in [2.24, 2.45) is 0 Å². The van der Waals surface area contributed by atoms with Crippen LogP contribution >= 0.6 is 0 Å². The summed E-state index contributed by atoms with van der Waals surface area (Å²) in [5, 5.41) is 14.8. The third-order valence-corrected chi connectivity index (χ3v) is 4.21. The molecule has 0 radical (unpaired) electrons. The van der Waals surface area contributed by atoms with Gasteiger partial charge in [0.2, 0.25) is 0 Å². The van der Waals surface area contributed by atoms with Crippen molar-refractivity contribution in [3.05, 3.63) is 63.2 Å². The average Bonchev–Trinajstić information content (AvgIpc) is 2.55. The van der Waals surface area contributed by atoms with Gasteiger partial charge in [0.1, 0.15) is 5.69 Å². The van der Waals surface area contributed by atoms with E-state index in [9.17, 15) is 10.1 Å². The number of hydrogen-bond donors (Lipinski definition) is 1. The summed E-state index contributed by atoms with van der Waals surface area (Å²) in [4.78, 5) is 13.1. The molecule has 2 rings (SSSR count). The van der Waals surface area contributed by atoms with Gasteiger partial charge in [-0.15, -0.1) is 0 Å². The Bertz CT molecular complexity index is 725. The summed E-state index contributed by atoms with van der Waals surface area (Å²) in [5.74, 6) is 0. The van der Waals surface area contributed by atoms with Gasteiger partial charge in [0, 0.05) is 31.4 Å². The van der Waals surface area contributed by atoms with E-state index in [-0.39, 0.29) is 10.6 Å². The van der Waals surface area contributed by atoms with Crippen LogP contribution in [-0.2, 0) is 6.54 Å². The molecule has 0 aliphatic rings. The lowest BCUT2D eigenvalue weighted by Crippen LogP contribution is -2.22. The topological polar surface area (TPSA) is 58.4 Å². The van der Waals surface area contributed by atoms with E-state index in [2.05, 4.69) is 31.3 Å². The maximum absolute atomic E-state index is 11.4. The normalized spacial score (nSPS) is 10.5. The van der Waals surface area contributed by atoms with Crippen LogP contribution in [0.3, 0.4) is 0 Å². The zero-order valence-corrected chi connectivity index (χ0v) is 14.8. The van der Waals surface area contributed by atoms with Crippen LogP contribution in [0.1, 0.15) is 30.5 Å². The van der Waals surface area contributed by atoms with Crippen LogP contribution in [0.5, 0.6) is 0 Å². The lowest BCUT2D eigenvalue weighted by Gasteiger charge is -2.21. The van der Waals surface area contributed by atoms with Gasteiger partial charge in [-0.05, 0) is 51.0 Å². The van der Waals surface area contributed by atoms with Crippen LogP contribution < -0.4 is 10.2 Å². The maximum atomic E-state index is 11.4. The summed E-state index contributed by atoms with van der Waals surface area (Å²) in [5.41, 5.74) is 5.19. The second kappa shape index (κ2) is 7.81. The Morgan fingerprint density at radius 1 is 1.08 bits per heavy atom. The third-order valence-electron chi connectivity index (χ3n) is 4.21. The molecule has 0 aliphatic carbocycles. The molecule has 0 aromatic heterocycles. The van der Waals surface area contributed by atoms with Crippen molar-refractivity contribution in [3.8, 4) is 0 Å². The molecule has 0 aliphatic heterocycles. The minimum absolute atomic E-state index is 0.165. The highest BCUT2D eigenvalue weighted by Crippen LogP contribution is 2.29. The van der Waals surface area contributed by atoms with E-state index in [1.54, 1.807) is 6.07 Å². The van der Waals surface area contributed by atoms with E-state index in [4.69, 9.17) is 0 Å². The molecule has 2 aromatic carbocycles. The SMILES string of the molecule is CCN(CC)c1ccc(CNc2ccc(C)cc2C)cc1[N+](=O)[O-]. The van der Waals surface area contributed by atoms with Gasteiger partial charge >= 0.3 is 0 Å². The van der Waals surface area contributed by atoms with E-state index in [0.717, 1.165) is 24.3 Å². The Hall–Kier alpha value is -2.56. The second-order valence-electron chi connectivity index (χ2n) is 5.92. The third kappa shape index (κ3) is 4.04. The molecular formula is C19H25N3O2. The highest BCUT2D eigenvalue weighted by Gasteiger charge is 2.18. The number of nitrogens with zero attached hydrogens (tertiary/aromatic N) is 2. The Balaban J connectivity index is 2.22. The van der Waals surface area contributed by atoms with Crippen LogP contribution in [0.4, 0.5) is 17.1 Å². The predicted molar refractivity (Wildman–Crippen MR) is 99.9 cm³/mol. The Kier molecular flexibility index (Phi) is 5.79. The summed E-state index contributed by atoms with van der Waals surface area (Å²) >= 11 is 0. The second-order valence-corrected chi connectivity index (χ2v) is 5.92. The molecule has 0 fully saturated rings. The van der Waals surface area contributed by atoms with Crippen LogP contribution in [0.2, 0.25) is 0 Å². The maximum Gasteiger partial charge on any atom is 0.292 e. The van der Waals surface area contributed by atoms with Crippen molar-refractivity contribution in [2.75, 3.05) is 23.3 Å². The van der Waals surface area contributed by atoms with Gasteiger partial charge in [-0.2, -0.15) is 0 Å². The van der Waals surface area contributed by atoms with Crippen molar-refractivity contribution < 1.29 is 4.92 Å². The quantitative estimate of drug-likeness (QED) is 0.593. The molecule has 0 heterocycles.